The maximum absolute atomic E-state index is 5.55. The van der Waals surface area contributed by atoms with Gasteiger partial charge in [0.05, 0.1) is 6.61 Å². The van der Waals surface area contributed by atoms with Crippen molar-refractivity contribution in [2.45, 2.75) is 6.92 Å². The van der Waals surface area contributed by atoms with Crippen LogP contribution in [0.4, 0.5) is 0 Å². The van der Waals surface area contributed by atoms with Crippen LogP contribution in [0.25, 0.3) is 21.9 Å². The first kappa shape index (κ1) is 15.2. The van der Waals surface area contributed by atoms with E-state index in [1.807, 2.05) is 25.1 Å². The zero-order chi connectivity index (χ0) is 16.1. The Bertz CT molecular complexity index is 804. The number of ether oxygens (including phenoxy) is 2. The second-order valence-electron chi connectivity index (χ2n) is 5.28. The van der Waals surface area contributed by atoms with Gasteiger partial charge in [-0.3, -0.25) is 0 Å². The van der Waals surface area contributed by atoms with E-state index in [0.717, 1.165) is 11.5 Å². The summed E-state index contributed by atoms with van der Waals surface area (Å²) in [4.78, 5) is 0. The molecule has 0 unspecified atom stereocenters. The van der Waals surface area contributed by atoms with E-state index in [0.29, 0.717) is 13.2 Å². The normalized spacial score (nSPS) is 10.5. The molecule has 2 nitrogen and oxygen atoms in total. The van der Waals surface area contributed by atoms with E-state index in [9.17, 15) is 0 Å². The molecule has 0 aliphatic rings. The van der Waals surface area contributed by atoms with Crippen molar-refractivity contribution in [3.8, 4) is 22.6 Å². The van der Waals surface area contributed by atoms with Crippen molar-refractivity contribution in [2.75, 3.05) is 13.2 Å². The van der Waals surface area contributed by atoms with Gasteiger partial charge in [-0.1, -0.05) is 43.0 Å². The van der Waals surface area contributed by atoms with Gasteiger partial charge in [-0.15, -0.1) is 0 Å². The molecule has 0 aromatic heterocycles. The summed E-state index contributed by atoms with van der Waals surface area (Å²) in [6.45, 7) is 6.86. The lowest BCUT2D eigenvalue weighted by atomic mass is 10.0. The third kappa shape index (κ3) is 3.54. The average molecular weight is 304 g/mol. The molecular weight excluding hydrogens is 284 g/mol. The maximum atomic E-state index is 5.55. The van der Waals surface area contributed by atoms with Gasteiger partial charge in [-0.25, -0.2) is 0 Å². The number of hydrogen-bond acceptors (Lipinski definition) is 2. The number of rotatable bonds is 6. The summed E-state index contributed by atoms with van der Waals surface area (Å²) in [6, 6.07) is 20.8. The predicted octanol–water partition coefficient (Wildman–Crippen LogP) is 5.47. The molecule has 0 saturated heterocycles. The number of hydrogen-bond donors (Lipinski definition) is 0. The third-order valence-electron chi connectivity index (χ3n) is 3.68. The van der Waals surface area contributed by atoms with Crippen molar-refractivity contribution in [1.29, 1.82) is 0 Å². The van der Waals surface area contributed by atoms with Crippen molar-refractivity contribution in [2.24, 2.45) is 0 Å². The number of fused-ring (bicyclic) bond motifs is 1. The lowest BCUT2D eigenvalue weighted by molar-refractivity contribution is 0.341. The van der Waals surface area contributed by atoms with Gasteiger partial charge in [0, 0.05) is 0 Å². The van der Waals surface area contributed by atoms with Crippen LogP contribution in [-0.2, 0) is 0 Å². The van der Waals surface area contributed by atoms with Gasteiger partial charge in [0.2, 0.25) is 0 Å². The molecule has 0 aliphatic carbocycles. The van der Waals surface area contributed by atoms with Crippen LogP contribution in [0.15, 0.2) is 73.3 Å². The van der Waals surface area contributed by atoms with E-state index in [-0.39, 0.29) is 0 Å². The highest BCUT2D eigenvalue weighted by atomic mass is 16.5. The first-order valence-electron chi connectivity index (χ1n) is 7.81. The summed E-state index contributed by atoms with van der Waals surface area (Å²) in [5.74, 6) is 1.77. The average Bonchev–Trinajstić information content (AvgIpc) is 2.60. The van der Waals surface area contributed by atoms with E-state index in [1.165, 1.54) is 21.9 Å². The molecule has 0 fully saturated rings. The molecule has 0 spiro atoms. The minimum Gasteiger partial charge on any atom is -0.494 e. The molecule has 0 saturated carbocycles. The lowest BCUT2D eigenvalue weighted by Crippen LogP contribution is -1.92. The van der Waals surface area contributed by atoms with Gasteiger partial charge in [0.25, 0.3) is 0 Å². The largest absolute Gasteiger partial charge is 0.494 e. The lowest BCUT2D eigenvalue weighted by Gasteiger charge is -2.08. The molecular formula is C21H20O2. The molecule has 0 N–H and O–H groups in total. The van der Waals surface area contributed by atoms with E-state index in [1.54, 1.807) is 6.08 Å². The Morgan fingerprint density at radius 2 is 1.43 bits per heavy atom. The fraction of sp³-hybridized carbons (Fsp3) is 0.143. The first-order chi connectivity index (χ1) is 11.3. The van der Waals surface area contributed by atoms with Crippen molar-refractivity contribution in [3.63, 3.8) is 0 Å². The Balaban J connectivity index is 1.87. The quantitative estimate of drug-likeness (QED) is 0.562. The Kier molecular flexibility index (Phi) is 4.62. The Morgan fingerprint density at radius 1 is 0.783 bits per heavy atom. The van der Waals surface area contributed by atoms with Crippen LogP contribution >= 0.6 is 0 Å². The molecule has 116 valence electrons. The highest BCUT2D eigenvalue weighted by molar-refractivity contribution is 5.88. The van der Waals surface area contributed by atoms with Gasteiger partial charge in [0.1, 0.15) is 18.1 Å². The topological polar surface area (TPSA) is 18.5 Å². The minimum atomic E-state index is 0.525. The zero-order valence-corrected chi connectivity index (χ0v) is 13.3. The first-order valence-corrected chi connectivity index (χ1v) is 7.81. The van der Waals surface area contributed by atoms with Gasteiger partial charge in [-0.05, 0) is 59.2 Å². The van der Waals surface area contributed by atoms with Crippen LogP contribution in [0.1, 0.15) is 6.92 Å². The highest BCUT2D eigenvalue weighted by Crippen LogP contribution is 2.28. The molecule has 3 rings (SSSR count). The van der Waals surface area contributed by atoms with E-state index in [2.05, 4.69) is 49.0 Å². The molecule has 23 heavy (non-hydrogen) atoms. The molecule has 0 atom stereocenters. The van der Waals surface area contributed by atoms with Crippen LogP contribution in [0.3, 0.4) is 0 Å². The van der Waals surface area contributed by atoms with Crippen molar-refractivity contribution in [3.05, 3.63) is 73.3 Å². The SMILES string of the molecule is C=CCOc1ccc(-c2ccc3cc(OCC)ccc3c2)cc1. The molecule has 0 bridgehead atoms. The van der Waals surface area contributed by atoms with Crippen LogP contribution in [0.5, 0.6) is 11.5 Å². The summed E-state index contributed by atoms with van der Waals surface area (Å²) in [6.07, 6.45) is 1.74. The second kappa shape index (κ2) is 7.01. The monoisotopic (exact) mass is 304 g/mol. The molecule has 2 heteroatoms. The second-order valence-corrected chi connectivity index (χ2v) is 5.28. The van der Waals surface area contributed by atoms with Crippen LogP contribution in [-0.4, -0.2) is 13.2 Å². The smallest absolute Gasteiger partial charge is 0.119 e. The maximum Gasteiger partial charge on any atom is 0.119 e. The van der Waals surface area contributed by atoms with Crippen LogP contribution < -0.4 is 9.47 Å². The van der Waals surface area contributed by atoms with Crippen molar-refractivity contribution in [1.82, 2.24) is 0 Å². The predicted molar refractivity (Wildman–Crippen MR) is 96.2 cm³/mol. The van der Waals surface area contributed by atoms with Crippen molar-refractivity contribution < 1.29 is 9.47 Å². The Morgan fingerprint density at radius 3 is 2.17 bits per heavy atom. The van der Waals surface area contributed by atoms with Crippen LogP contribution in [0, 0.1) is 0 Å². The molecule has 0 aliphatic heterocycles. The van der Waals surface area contributed by atoms with E-state index < -0.39 is 0 Å². The summed E-state index contributed by atoms with van der Waals surface area (Å²) in [7, 11) is 0. The molecule has 0 amide bonds. The summed E-state index contributed by atoms with van der Waals surface area (Å²) in [5.41, 5.74) is 2.36. The van der Waals surface area contributed by atoms with Gasteiger partial charge >= 0.3 is 0 Å². The highest BCUT2D eigenvalue weighted by Gasteiger charge is 2.02. The summed E-state index contributed by atoms with van der Waals surface area (Å²) < 4.78 is 11.1. The number of benzene rings is 3. The van der Waals surface area contributed by atoms with Crippen LogP contribution in [0.2, 0.25) is 0 Å². The van der Waals surface area contributed by atoms with E-state index >= 15 is 0 Å². The van der Waals surface area contributed by atoms with Gasteiger partial charge in [-0.2, -0.15) is 0 Å². The Labute approximate surface area is 137 Å². The fourth-order valence-electron chi connectivity index (χ4n) is 2.56. The van der Waals surface area contributed by atoms with E-state index in [4.69, 9.17) is 9.47 Å². The van der Waals surface area contributed by atoms with Gasteiger partial charge < -0.3 is 9.47 Å². The standard InChI is InChI=1S/C21H20O2/c1-3-13-23-20-10-7-16(8-11-20)17-5-6-19-15-21(22-4-2)12-9-18(19)14-17/h3,5-12,14-15H,1,4,13H2,2H3. The zero-order valence-electron chi connectivity index (χ0n) is 13.3. The minimum absolute atomic E-state index is 0.525. The molecule has 3 aromatic carbocycles. The van der Waals surface area contributed by atoms with Gasteiger partial charge in [0.15, 0.2) is 0 Å². The Hall–Kier alpha value is -2.74. The summed E-state index contributed by atoms with van der Waals surface area (Å²) >= 11 is 0. The van der Waals surface area contributed by atoms with Crippen molar-refractivity contribution >= 4 is 10.8 Å². The third-order valence-corrected chi connectivity index (χ3v) is 3.68. The fourth-order valence-corrected chi connectivity index (χ4v) is 2.56. The summed E-state index contributed by atoms with van der Waals surface area (Å²) in [5, 5.41) is 2.39. The molecule has 0 radical (unpaired) electrons. The molecule has 0 heterocycles. The molecule has 3 aromatic rings.